The lowest BCUT2D eigenvalue weighted by molar-refractivity contribution is 0.0248. The van der Waals surface area contributed by atoms with Crippen molar-refractivity contribution < 1.29 is 23.4 Å². The summed E-state index contributed by atoms with van der Waals surface area (Å²) in [6.07, 6.45) is 1.68. The van der Waals surface area contributed by atoms with Gasteiger partial charge in [0.2, 0.25) is 0 Å². The molecule has 174 valence electrons. The first-order valence-corrected chi connectivity index (χ1v) is 11.2. The van der Waals surface area contributed by atoms with E-state index in [1.54, 1.807) is 37.4 Å². The first-order chi connectivity index (χ1) is 16.0. The van der Waals surface area contributed by atoms with Gasteiger partial charge in [-0.25, -0.2) is 8.78 Å². The van der Waals surface area contributed by atoms with Gasteiger partial charge < -0.3 is 14.6 Å². The van der Waals surface area contributed by atoms with Crippen LogP contribution in [-0.2, 0) is 11.3 Å². The van der Waals surface area contributed by atoms with Crippen LogP contribution in [-0.4, -0.2) is 36.8 Å². The first-order valence-electron chi connectivity index (χ1n) is 11.2. The average molecular weight is 454 g/mol. The molecule has 1 saturated heterocycles. The number of likely N-dealkylation sites (tertiary alicyclic amines) is 1. The molecule has 1 N–H and O–H groups in total. The van der Waals surface area contributed by atoms with E-state index >= 15 is 0 Å². The van der Waals surface area contributed by atoms with Crippen molar-refractivity contribution in [2.24, 2.45) is 5.92 Å². The number of piperidine rings is 1. The van der Waals surface area contributed by atoms with Crippen molar-refractivity contribution in [3.8, 4) is 11.5 Å². The van der Waals surface area contributed by atoms with E-state index in [1.807, 2.05) is 12.1 Å². The summed E-state index contributed by atoms with van der Waals surface area (Å²) < 4.78 is 38.5. The molecule has 1 atom stereocenters. The minimum absolute atomic E-state index is 0.186. The molecule has 1 aliphatic heterocycles. The number of ether oxygens (including phenoxy) is 2. The van der Waals surface area contributed by atoms with Crippen LogP contribution in [0.2, 0.25) is 0 Å². The molecule has 0 bridgehead atoms. The first kappa shape index (κ1) is 23.2. The maximum atomic E-state index is 13.5. The van der Waals surface area contributed by atoms with Crippen molar-refractivity contribution in [1.29, 1.82) is 0 Å². The van der Waals surface area contributed by atoms with Crippen LogP contribution in [0.5, 0.6) is 11.5 Å². The maximum absolute atomic E-state index is 13.5. The summed E-state index contributed by atoms with van der Waals surface area (Å²) in [5.41, 5.74) is 2.50. The molecule has 3 aromatic rings. The fraction of sp³-hybridized carbons (Fsp3) is 0.333. The second-order valence-corrected chi connectivity index (χ2v) is 8.53. The Morgan fingerprint density at radius 2 is 1.61 bits per heavy atom. The van der Waals surface area contributed by atoms with Gasteiger partial charge in [0.05, 0.1) is 13.7 Å². The monoisotopic (exact) mass is 453 g/mol. The fourth-order valence-corrected chi connectivity index (χ4v) is 4.42. The topological polar surface area (TPSA) is 41.9 Å². The lowest BCUT2D eigenvalue weighted by atomic mass is 9.97. The van der Waals surface area contributed by atoms with E-state index < -0.39 is 6.10 Å². The minimum atomic E-state index is -0.399. The molecule has 1 heterocycles. The van der Waals surface area contributed by atoms with Crippen LogP contribution in [0.15, 0.2) is 66.7 Å². The largest absolute Gasteiger partial charge is 0.504 e. The Balaban J connectivity index is 1.43. The number of rotatable bonds is 8. The van der Waals surface area contributed by atoms with Crippen molar-refractivity contribution in [3.63, 3.8) is 0 Å². The average Bonchev–Trinajstić information content (AvgIpc) is 2.83. The number of halogens is 2. The second kappa shape index (κ2) is 10.8. The highest BCUT2D eigenvalue weighted by Crippen LogP contribution is 2.32. The molecule has 0 saturated carbocycles. The zero-order valence-corrected chi connectivity index (χ0v) is 18.7. The van der Waals surface area contributed by atoms with E-state index in [0.29, 0.717) is 24.8 Å². The second-order valence-electron chi connectivity index (χ2n) is 8.53. The minimum Gasteiger partial charge on any atom is -0.504 e. The Labute approximate surface area is 193 Å². The summed E-state index contributed by atoms with van der Waals surface area (Å²) in [5.74, 6) is 0.368. The van der Waals surface area contributed by atoms with Crippen molar-refractivity contribution >= 4 is 0 Å². The van der Waals surface area contributed by atoms with Gasteiger partial charge in [-0.15, -0.1) is 0 Å². The van der Waals surface area contributed by atoms with Gasteiger partial charge in [-0.2, -0.15) is 0 Å². The molecular formula is C27H29F2NO3. The molecule has 4 rings (SSSR count). The molecule has 3 aromatic carbocycles. The molecule has 1 fully saturated rings. The van der Waals surface area contributed by atoms with Gasteiger partial charge >= 0.3 is 0 Å². The number of nitrogens with zero attached hydrogens (tertiary/aromatic N) is 1. The molecule has 0 spiro atoms. The van der Waals surface area contributed by atoms with Crippen molar-refractivity contribution in [3.05, 3.63) is 95.1 Å². The quantitative estimate of drug-likeness (QED) is 0.475. The molecule has 0 aliphatic carbocycles. The van der Waals surface area contributed by atoms with Crippen LogP contribution in [0, 0.1) is 17.6 Å². The molecular weight excluding hydrogens is 424 g/mol. The van der Waals surface area contributed by atoms with Crippen molar-refractivity contribution in [2.45, 2.75) is 25.5 Å². The fourth-order valence-electron chi connectivity index (χ4n) is 4.42. The number of benzene rings is 3. The van der Waals surface area contributed by atoms with Gasteiger partial charge in [-0.05, 0) is 66.8 Å². The lowest BCUT2D eigenvalue weighted by Crippen LogP contribution is -2.37. The summed E-state index contributed by atoms with van der Waals surface area (Å²) in [4.78, 5) is 2.32. The number of hydrogen-bond donors (Lipinski definition) is 1. The SMILES string of the molecule is COc1cccc(CN2CCCC(COC(c3ccc(F)cc3)c3ccc(F)cc3)C2)c1O. The third-order valence-electron chi connectivity index (χ3n) is 6.14. The number of aromatic hydroxyl groups is 1. The standard InChI is InChI=1S/C27H29F2NO3/c1-32-25-6-2-5-22(26(25)31)17-30-15-3-4-19(16-30)18-33-27(20-7-11-23(28)12-8-20)21-9-13-24(29)14-10-21/h2,5-14,19,27,31H,3-4,15-18H2,1H3. The summed E-state index contributed by atoms with van der Waals surface area (Å²) >= 11 is 0. The van der Waals surface area contributed by atoms with Crippen LogP contribution in [0.25, 0.3) is 0 Å². The zero-order chi connectivity index (χ0) is 23.2. The smallest absolute Gasteiger partial charge is 0.162 e. The molecule has 1 unspecified atom stereocenters. The van der Waals surface area contributed by atoms with Crippen LogP contribution in [0.3, 0.4) is 0 Å². The van der Waals surface area contributed by atoms with E-state index in [4.69, 9.17) is 9.47 Å². The van der Waals surface area contributed by atoms with Gasteiger partial charge in [0.1, 0.15) is 17.7 Å². The van der Waals surface area contributed by atoms with E-state index in [1.165, 1.54) is 24.3 Å². The predicted octanol–water partition coefficient (Wildman–Crippen LogP) is 5.70. The third-order valence-corrected chi connectivity index (χ3v) is 6.14. The number of para-hydroxylation sites is 1. The molecule has 4 nitrogen and oxygen atoms in total. The Bertz CT molecular complexity index is 995. The van der Waals surface area contributed by atoms with Crippen LogP contribution in [0.1, 0.15) is 35.6 Å². The van der Waals surface area contributed by atoms with Gasteiger partial charge in [-0.1, -0.05) is 36.4 Å². The maximum Gasteiger partial charge on any atom is 0.162 e. The number of phenols is 1. The summed E-state index contributed by atoms with van der Waals surface area (Å²) in [5, 5.41) is 10.4. The van der Waals surface area contributed by atoms with Gasteiger partial charge in [0.15, 0.2) is 11.5 Å². The zero-order valence-electron chi connectivity index (χ0n) is 18.7. The molecule has 6 heteroatoms. The van der Waals surface area contributed by atoms with E-state index in [9.17, 15) is 13.9 Å². The van der Waals surface area contributed by atoms with Crippen molar-refractivity contribution in [1.82, 2.24) is 4.90 Å². The Morgan fingerprint density at radius 3 is 2.21 bits per heavy atom. The van der Waals surface area contributed by atoms with E-state index in [-0.39, 0.29) is 17.4 Å². The summed E-state index contributed by atoms with van der Waals surface area (Å²) in [6.45, 7) is 2.96. The predicted molar refractivity (Wildman–Crippen MR) is 123 cm³/mol. The lowest BCUT2D eigenvalue weighted by Gasteiger charge is -2.33. The summed E-state index contributed by atoms with van der Waals surface area (Å²) in [7, 11) is 1.55. The van der Waals surface area contributed by atoms with Gasteiger partial charge in [0.25, 0.3) is 0 Å². The highest BCUT2D eigenvalue weighted by Gasteiger charge is 2.24. The van der Waals surface area contributed by atoms with Crippen LogP contribution < -0.4 is 4.74 Å². The van der Waals surface area contributed by atoms with Gasteiger partial charge in [-0.3, -0.25) is 4.90 Å². The van der Waals surface area contributed by atoms with Crippen LogP contribution >= 0.6 is 0 Å². The highest BCUT2D eigenvalue weighted by atomic mass is 19.1. The third kappa shape index (κ3) is 5.89. The molecule has 1 aliphatic rings. The number of methoxy groups -OCH3 is 1. The van der Waals surface area contributed by atoms with E-state index in [2.05, 4.69) is 4.90 Å². The normalized spacial score (nSPS) is 16.8. The van der Waals surface area contributed by atoms with Crippen molar-refractivity contribution in [2.75, 3.05) is 26.8 Å². The number of phenolic OH excluding ortho intramolecular Hbond substituents is 1. The molecule has 0 radical (unpaired) electrons. The Hall–Kier alpha value is -2.96. The molecule has 0 aromatic heterocycles. The van der Waals surface area contributed by atoms with E-state index in [0.717, 1.165) is 42.6 Å². The molecule has 0 amide bonds. The number of hydrogen-bond acceptors (Lipinski definition) is 4. The summed E-state index contributed by atoms with van der Waals surface area (Å²) in [6, 6.07) is 18.0. The van der Waals surface area contributed by atoms with Crippen LogP contribution in [0.4, 0.5) is 8.78 Å². The Morgan fingerprint density at radius 1 is 0.970 bits per heavy atom. The van der Waals surface area contributed by atoms with Gasteiger partial charge in [0, 0.05) is 18.7 Å². The highest BCUT2D eigenvalue weighted by molar-refractivity contribution is 5.45. The molecule has 33 heavy (non-hydrogen) atoms. The Kier molecular flexibility index (Phi) is 7.57.